The average Bonchev–Trinajstić information content (AvgIpc) is 2.53. The monoisotopic (exact) mass is 241 g/mol. The lowest BCUT2D eigenvalue weighted by Gasteiger charge is -2.62. The van der Waals surface area contributed by atoms with E-state index in [0.29, 0.717) is 19.7 Å². The van der Waals surface area contributed by atoms with Crippen molar-refractivity contribution in [3.05, 3.63) is 0 Å². The molecular weight excluding hydrogens is 222 g/mol. The quantitative estimate of drug-likeness (QED) is 0.675. The van der Waals surface area contributed by atoms with Crippen molar-refractivity contribution < 1.29 is 19.4 Å². The van der Waals surface area contributed by atoms with Crippen LogP contribution in [0.25, 0.3) is 0 Å². The van der Waals surface area contributed by atoms with Crippen LogP contribution in [0.1, 0.15) is 20.8 Å². The van der Waals surface area contributed by atoms with Crippen molar-refractivity contribution in [1.82, 2.24) is 4.90 Å². The zero-order valence-corrected chi connectivity index (χ0v) is 10.5. The van der Waals surface area contributed by atoms with Gasteiger partial charge in [0.2, 0.25) is 0 Å². The van der Waals surface area contributed by atoms with Crippen molar-refractivity contribution in [3.8, 4) is 0 Å². The van der Waals surface area contributed by atoms with E-state index >= 15 is 0 Å². The number of carbonyl (C=O) groups is 1. The summed E-state index contributed by atoms with van der Waals surface area (Å²) in [5, 5.41) is 9.88. The first kappa shape index (κ1) is 11.3. The minimum Gasteiger partial charge on any atom is -0.444 e. The molecule has 0 radical (unpaired) electrons. The second-order valence-electron chi connectivity index (χ2n) is 6.33. The fourth-order valence-corrected chi connectivity index (χ4v) is 3.22. The first-order valence-electron chi connectivity index (χ1n) is 6.13. The molecular formula is C12H19NO4. The summed E-state index contributed by atoms with van der Waals surface area (Å²) in [7, 11) is 0. The highest BCUT2D eigenvalue weighted by Gasteiger charge is 2.72. The normalized spacial score (nSPS) is 43.3. The number of likely N-dealkylation sites (tertiary alicyclic amines) is 1. The number of aliphatic hydroxyl groups excluding tert-OH is 1. The second-order valence-corrected chi connectivity index (χ2v) is 6.33. The fourth-order valence-electron chi connectivity index (χ4n) is 3.22. The lowest BCUT2D eigenvalue weighted by Crippen LogP contribution is -2.75. The molecule has 0 aromatic carbocycles. The molecule has 0 bridgehead atoms. The molecule has 1 spiro atoms. The molecule has 5 nitrogen and oxygen atoms in total. The Labute approximate surface area is 101 Å². The molecule has 2 saturated heterocycles. The van der Waals surface area contributed by atoms with Crippen molar-refractivity contribution >= 4 is 6.09 Å². The molecule has 96 valence electrons. The number of nitrogens with zero attached hydrogens (tertiary/aromatic N) is 1. The number of amides is 1. The number of ether oxygens (including phenoxy) is 2. The predicted molar refractivity (Wildman–Crippen MR) is 59.5 cm³/mol. The number of hydrogen-bond acceptors (Lipinski definition) is 4. The summed E-state index contributed by atoms with van der Waals surface area (Å²) in [6.45, 7) is 7.29. The van der Waals surface area contributed by atoms with Crippen LogP contribution in [0.5, 0.6) is 0 Å². The third-order valence-corrected chi connectivity index (χ3v) is 4.12. The molecule has 3 fully saturated rings. The molecule has 2 aliphatic heterocycles. The molecule has 17 heavy (non-hydrogen) atoms. The summed E-state index contributed by atoms with van der Waals surface area (Å²) < 4.78 is 10.9. The van der Waals surface area contributed by atoms with Gasteiger partial charge in [0, 0.05) is 18.4 Å². The van der Waals surface area contributed by atoms with E-state index in [-0.39, 0.29) is 29.6 Å². The molecule has 1 aliphatic carbocycles. The average molecular weight is 241 g/mol. The Morgan fingerprint density at radius 3 is 2.65 bits per heavy atom. The Hall–Kier alpha value is -0.810. The number of rotatable bonds is 0. The molecule has 0 aromatic rings. The van der Waals surface area contributed by atoms with Crippen LogP contribution in [0.4, 0.5) is 4.79 Å². The van der Waals surface area contributed by atoms with Crippen LogP contribution in [-0.2, 0) is 9.47 Å². The van der Waals surface area contributed by atoms with Gasteiger partial charge in [-0.05, 0) is 20.8 Å². The van der Waals surface area contributed by atoms with E-state index in [1.807, 2.05) is 20.8 Å². The van der Waals surface area contributed by atoms with Gasteiger partial charge < -0.3 is 19.5 Å². The molecule has 1 amide bonds. The zero-order valence-electron chi connectivity index (χ0n) is 10.5. The first-order chi connectivity index (χ1) is 7.83. The Morgan fingerprint density at radius 1 is 1.47 bits per heavy atom. The third-order valence-electron chi connectivity index (χ3n) is 4.12. The van der Waals surface area contributed by atoms with Gasteiger partial charge in [0.15, 0.2) is 0 Å². The molecule has 3 aliphatic rings. The molecule has 4 unspecified atom stereocenters. The van der Waals surface area contributed by atoms with Crippen molar-refractivity contribution in [2.45, 2.75) is 38.1 Å². The lowest BCUT2D eigenvalue weighted by atomic mass is 9.57. The molecule has 0 aromatic heterocycles. The summed E-state index contributed by atoms with van der Waals surface area (Å²) in [6.07, 6.45) is -0.612. The van der Waals surface area contributed by atoms with Gasteiger partial charge in [-0.1, -0.05) is 0 Å². The van der Waals surface area contributed by atoms with Crippen molar-refractivity contribution in [2.24, 2.45) is 11.8 Å². The van der Waals surface area contributed by atoms with E-state index < -0.39 is 5.60 Å². The van der Waals surface area contributed by atoms with Gasteiger partial charge in [0.25, 0.3) is 0 Å². The predicted octanol–water partition coefficient (Wildman–Crippen LogP) is 0.613. The van der Waals surface area contributed by atoms with Gasteiger partial charge in [0.1, 0.15) is 11.2 Å². The van der Waals surface area contributed by atoms with E-state index in [2.05, 4.69) is 0 Å². The van der Waals surface area contributed by atoms with Crippen molar-refractivity contribution in [2.75, 3.05) is 19.7 Å². The highest BCUT2D eigenvalue weighted by molar-refractivity contribution is 5.69. The zero-order chi connectivity index (χ0) is 12.4. The minimum absolute atomic E-state index is 0.0776. The summed E-state index contributed by atoms with van der Waals surface area (Å²) in [5.41, 5.74) is -0.731. The Kier molecular flexibility index (Phi) is 2.09. The summed E-state index contributed by atoms with van der Waals surface area (Å²) in [5.74, 6) is 0.300. The molecule has 3 rings (SSSR count). The second kappa shape index (κ2) is 3.14. The SMILES string of the molecule is CC(C)(C)OC(=O)N1CC2C(O)C3COC32C1. The number of hydrogen-bond donors (Lipinski definition) is 1. The number of aliphatic hydroxyl groups is 1. The first-order valence-corrected chi connectivity index (χ1v) is 6.13. The largest absolute Gasteiger partial charge is 0.444 e. The van der Waals surface area contributed by atoms with Crippen molar-refractivity contribution in [3.63, 3.8) is 0 Å². The van der Waals surface area contributed by atoms with Gasteiger partial charge in [0.05, 0.1) is 19.3 Å². The minimum atomic E-state index is -0.477. The van der Waals surface area contributed by atoms with Crippen LogP contribution >= 0.6 is 0 Å². The molecule has 2 heterocycles. The summed E-state index contributed by atoms with van der Waals surface area (Å²) in [4.78, 5) is 13.6. The lowest BCUT2D eigenvalue weighted by molar-refractivity contribution is -0.329. The Bertz CT molecular complexity index is 364. The Morgan fingerprint density at radius 2 is 2.18 bits per heavy atom. The maximum atomic E-state index is 11.9. The van der Waals surface area contributed by atoms with Crippen LogP contribution in [0.3, 0.4) is 0 Å². The fraction of sp³-hybridized carbons (Fsp3) is 0.917. The van der Waals surface area contributed by atoms with Crippen molar-refractivity contribution in [1.29, 1.82) is 0 Å². The van der Waals surface area contributed by atoms with E-state index in [1.165, 1.54) is 0 Å². The van der Waals surface area contributed by atoms with E-state index in [4.69, 9.17) is 9.47 Å². The Balaban J connectivity index is 1.67. The maximum Gasteiger partial charge on any atom is 0.410 e. The molecule has 1 saturated carbocycles. The van der Waals surface area contributed by atoms with E-state index in [0.717, 1.165) is 0 Å². The van der Waals surface area contributed by atoms with Gasteiger partial charge in [-0.15, -0.1) is 0 Å². The molecule has 4 atom stereocenters. The van der Waals surface area contributed by atoms with Gasteiger partial charge >= 0.3 is 6.09 Å². The smallest absolute Gasteiger partial charge is 0.410 e. The standard InChI is InChI=1S/C12H19NO4/c1-11(2,3)17-10(15)13-4-7-9(14)8-5-16-12(7,8)6-13/h7-9,14H,4-6H2,1-3H3. The highest BCUT2D eigenvalue weighted by atomic mass is 16.6. The van der Waals surface area contributed by atoms with Crippen LogP contribution in [0.15, 0.2) is 0 Å². The molecule has 1 N–H and O–H groups in total. The maximum absolute atomic E-state index is 11.9. The van der Waals surface area contributed by atoms with Gasteiger partial charge in [-0.25, -0.2) is 4.79 Å². The third kappa shape index (κ3) is 1.42. The summed E-state index contributed by atoms with van der Waals surface area (Å²) in [6, 6.07) is 0. The van der Waals surface area contributed by atoms with Gasteiger partial charge in [-0.2, -0.15) is 0 Å². The van der Waals surface area contributed by atoms with Gasteiger partial charge in [-0.3, -0.25) is 0 Å². The number of carbonyl (C=O) groups excluding carboxylic acids is 1. The summed E-state index contributed by atoms with van der Waals surface area (Å²) >= 11 is 0. The van der Waals surface area contributed by atoms with E-state index in [1.54, 1.807) is 4.90 Å². The van der Waals surface area contributed by atoms with Crippen LogP contribution in [0.2, 0.25) is 0 Å². The van der Waals surface area contributed by atoms with E-state index in [9.17, 15) is 9.90 Å². The van der Waals surface area contributed by atoms with Crippen LogP contribution < -0.4 is 0 Å². The van der Waals surface area contributed by atoms with Crippen LogP contribution in [0, 0.1) is 11.8 Å². The van der Waals surface area contributed by atoms with Crippen LogP contribution in [-0.4, -0.2) is 53.1 Å². The molecule has 5 heteroatoms. The topological polar surface area (TPSA) is 59.0 Å². The highest BCUT2D eigenvalue weighted by Crippen LogP contribution is 2.58.